The summed E-state index contributed by atoms with van der Waals surface area (Å²) in [5, 5.41) is 20.5. The van der Waals surface area contributed by atoms with Gasteiger partial charge in [-0.3, -0.25) is 4.18 Å². The molecule has 2 heterocycles. The number of nitrogens with one attached hydrogen (secondary N) is 1. The van der Waals surface area contributed by atoms with Gasteiger partial charge in [0, 0.05) is 44.1 Å². The molecular weight excluding hydrogens is 673 g/mol. The Morgan fingerprint density at radius 1 is 0.765 bits per heavy atom. The lowest BCUT2D eigenvalue weighted by Gasteiger charge is -2.33. The van der Waals surface area contributed by atoms with E-state index in [-0.39, 0.29) is 24.7 Å². The lowest BCUT2D eigenvalue weighted by molar-refractivity contribution is 0.0162. The van der Waals surface area contributed by atoms with Crippen molar-refractivity contribution in [2.75, 3.05) is 56.6 Å². The first-order valence-corrected chi connectivity index (χ1v) is 18.9. The average molecular weight is 727 g/mol. The van der Waals surface area contributed by atoms with E-state index in [0.29, 0.717) is 35.8 Å². The fourth-order valence-electron chi connectivity index (χ4n) is 4.96. The van der Waals surface area contributed by atoms with Gasteiger partial charge in [0.05, 0.1) is 36.1 Å². The lowest BCUT2D eigenvalue weighted by Crippen LogP contribution is -2.42. The summed E-state index contributed by atoms with van der Waals surface area (Å²) in [6.07, 6.45) is 3.93. The normalized spacial score (nSPS) is 15.5. The SMILES string of the molecule is CC(C)(C)OC(=O)N1CCC(CNc2ccc(C#N)cc2)CC1.CC(C)(C)OC(=O)N1CCC(COS(C)(=O)=O)CC1.N#Cc1ccc(N)cc1. The molecule has 2 amide bonds. The van der Waals surface area contributed by atoms with Crippen LogP contribution in [0.1, 0.15) is 78.4 Å². The van der Waals surface area contributed by atoms with Gasteiger partial charge in [0.25, 0.3) is 10.1 Å². The Morgan fingerprint density at radius 3 is 1.53 bits per heavy atom. The number of nitrogen functional groups attached to an aromatic ring is 1. The molecule has 0 spiro atoms. The monoisotopic (exact) mass is 726 g/mol. The van der Waals surface area contributed by atoms with Crippen molar-refractivity contribution in [2.24, 2.45) is 11.8 Å². The van der Waals surface area contributed by atoms with Gasteiger partial charge in [-0.1, -0.05) is 0 Å². The minimum Gasteiger partial charge on any atom is -0.444 e. The highest BCUT2D eigenvalue weighted by atomic mass is 32.2. The van der Waals surface area contributed by atoms with E-state index in [1.165, 1.54) is 0 Å². The molecule has 0 radical (unpaired) electrons. The summed E-state index contributed by atoms with van der Waals surface area (Å²) in [7, 11) is -3.38. The van der Waals surface area contributed by atoms with Crippen LogP contribution in [-0.2, 0) is 23.8 Å². The van der Waals surface area contributed by atoms with E-state index in [4.69, 9.17) is 29.9 Å². The van der Waals surface area contributed by atoms with E-state index < -0.39 is 21.3 Å². The molecule has 2 saturated heterocycles. The largest absolute Gasteiger partial charge is 0.444 e. The highest BCUT2D eigenvalue weighted by Crippen LogP contribution is 2.22. The van der Waals surface area contributed by atoms with E-state index in [1.54, 1.807) is 34.1 Å². The first kappa shape index (κ1) is 42.6. The zero-order chi connectivity index (χ0) is 38.2. The summed E-state index contributed by atoms with van der Waals surface area (Å²) in [6.45, 7) is 14.9. The van der Waals surface area contributed by atoms with E-state index in [0.717, 1.165) is 57.3 Å². The number of carbonyl (C=O) groups is 2. The van der Waals surface area contributed by atoms with Crippen LogP contribution in [0.4, 0.5) is 21.0 Å². The fourth-order valence-corrected chi connectivity index (χ4v) is 5.40. The average Bonchev–Trinajstić information content (AvgIpc) is 3.06. The molecule has 4 rings (SSSR count). The third-order valence-corrected chi connectivity index (χ3v) is 8.26. The number of piperidine rings is 2. The van der Waals surface area contributed by atoms with Crippen LogP contribution in [0.3, 0.4) is 0 Å². The summed E-state index contributed by atoms with van der Waals surface area (Å²) in [5.41, 5.74) is 7.47. The number of nitrogens with zero attached hydrogens (tertiary/aromatic N) is 4. The van der Waals surface area contributed by atoms with Gasteiger partial charge in [-0.05, 0) is 128 Å². The van der Waals surface area contributed by atoms with E-state index >= 15 is 0 Å². The Morgan fingerprint density at radius 2 is 1.16 bits per heavy atom. The lowest BCUT2D eigenvalue weighted by atomic mass is 9.97. The van der Waals surface area contributed by atoms with Crippen molar-refractivity contribution < 1.29 is 31.7 Å². The number of ether oxygens (including phenoxy) is 2. The number of rotatable bonds is 6. The molecule has 51 heavy (non-hydrogen) atoms. The van der Waals surface area contributed by atoms with E-state index in [2.05, 4.69) is 11.4 Å². The van der Waals surface area contributed by atoms with Gasteiger partial charge >= 0.3 is 12.2 Å². The molecule has 280 valence electrons. The van der Waals surface area contributed by atoms with Crippen LogP contribution < -0.4 is 11.1 Å². The number of nitriles is 2. The van der Waals surface area contributed by atoms with Crippen molar-refractivity contribution >= 4 is 33.7 Å². The van der Waals surface area contributed by atoms with Gasteiger partial charge in [-0.15, -0.1) is 0 Å². The topological polar surface area (TPSA) is 188 Å². The maximum absolute atomic E-state index is 12.0. The van der Waals surface area contributed by atoms with Gasteiger partial charge in [-0.2, -0.15) is 18.9 Å². The number of benzene rings is 2. The molecule has 2 aliphatic heterocycles. The van der Waals surface area contributed by atoms with Gasteiger partial charge in [0.2, 0.25) is 0 Å². The molecule has 13 nitrogen and oxygen atoms in total. The Balaban J connectivity index is 0.000000289. The number of nitrogens with two attached hydrogens (primary N) is 1. The Kier molecular flexibility index (Phi) is 16.5. The Labute approximate surface area is 303 Å². The summed E-state index contributed by atoms with van der Waals surface area (Å²) in [6, 6.07) is 18.4. The van der Waals surface area contributed by atoms with E-state index in [1.807, 2.05) is 71.9 Å². The first-order chi connectivity index (χ1) is 23.8. The van der Waals surface area contributed by atoms with Crippen LogP contribution in [0.5, 0.6) is 0 Å². The Bertz CT molecular complexity index is 1570. The number of likely N-dealkylation sites (tertiary alicyclic amines) is 2. The number of hydrogen-bond donors (Lipinski definition) is 2. The molecule has 2 aromatic carbocycles. The molecule has 0 aromatic heterocycles. The number of anilines is 2. The maximum Gasteiger partial charge on any atom is 0.410 e. The van der Waals surface area contributed by atoms with Crippen LogP contribution in [-0.4, -0.2) is 87.2 Å². The molecule has 3 N–H and O–H groups in total. The second-order valence-corrected chi connectivity index (χ2v) is 16.3. The molecule has 0 saturated carbocycles. The van der Waals surface area contributed by atoms with Crippen molar-refractivity contribution in [3.63, 3.8) is 0 Å². The summed E-state index contributed by atoms with van der Waals surface area (Å²) < 4.78 is 37.3. The molecular formula is C37H54N6O7S. The molecule has 0 bridgehead atoms. The van der Waals surface area contributed by atoms with Gasteiger partial charge in [0.15, 0.2) is 0 Å². The number of amides is 2. The molecule has 2 fully saturated rings. The van der Waals surface area contributed by atoms with Gasteiger partial charge < -0.3 is 30.3 Å². The molecule has 0 aliphatic carbocycles. The van der Waals surface area contributed by atoms with Crippen molar-refractivity contribution in [1.82, 2.24) is 9.80 Å². The predicted molar refractivity (Wildman–Crippen MR) is 197 cm³/mol. The third-order valence-electron chi connectivity index (χ3n) is 7.70. The molecule has 2 aliphatic rings. The Hall–Kier alpha value is -4.53. The van der Waals surface area contributed by atoms with Crippen molar-refractivity contribution in [3.05, 3.63) is 59.7 Å². The number of hydrogen-bond acceptors (Lipinski definition) is 11. The van der Waals surface area contributed by atoms with Crippen molar-refractivity contribution in [3.8, 4) is 12.1 Å². The summed E-state index contributed by atoms with van der Waals surface area (Å²) >= 11 is 0. The minimum absolute atomic E-state index is 0.174. The van der Waals surface area contributed by atoms with Crippen LogP contribution in [0.15, 0.2) is 48.5 Å². The van der Waals surface area contributed by atoms with Crippen LogP contribution >= 0.6 is 0 Å². The van der Waals surface area contributed by atoms with E-state index in [9.17, 15) is 18.0 Å². The molecule has 0 unspecified atom stereocenters. The van der Waals surface area contributed by atoms with Crippen molar-refractivity contribution in [2.45, 2.75) is 78.4 Å². The van der Waals surface area contributed by atoms with Crippen molar-refractivity contribution in [1.29, 1.82) is 10.5 Å². The molecule has 2 aromatic rings. The van der Waals surface area contributed by atoms with Crippen LogP contribution in [0.2, 0.25) is 0 Å². The standard InChI is InChI=1S/C18H25N3O2.C12H23NO5S.C7H6N2/c1-18(2,3)23-17(22)21-10-8-15(9-11-21)13-20-16-6-4-14(12-19)5-7-16;1-12(2,3)18-11(14)13-7-5-10(6-8-13)9-17-19(4,15)16;8-5-6-1-3-7(9)4-2-6/h4-7,15,20H,8-11,13H2,1-3H3;10H,5-9H2,1-4H3;1-4H,9H2. The first-order valence-electron chi connectivity index (χ1n) is 17.1. The minimum atomic E-state index is -3.38. The summed E-state index contributed by atoms with van der Waals surface area (Å²) in [4.78, 5) is 27.3. The molecule has 0 atom stereocenters. The smallest absolute Gasteiger partial charge is 0.410 e. The third kappa shape index (κ3) is 18.3. The molecule has 14 heteroatoms. The fraction of sp³-hybridized carbons (Fsp3) is 0.568. The van der Waals surface area contributed by atoms with Gasteiger partial charge in [-0.25, -0.2) is 9.59 Å². The zero-order valence-corrected chi connectivity index (χ0v) is 31.8. The second kappa shape index (κ2) is 19.8. The maximum atomic E-state index is 12.0. The predicted octanol–water partition coefficient (Wildman–Crippen LogP) is 6.37. The highest BCUT2D eigenvalue weighted by Gasteiger charge is 2.28. The van der Waals surface area contributed by atoms with Gasteiger partial charge in [0.1, 0.15) is 11.2 Å². The zero-order valence-electron chi connectivity index (χ0n) is 31.0. The van der Waals surface area contributed by atoms with Crippen LogP contribution in [0.25, 0.3) is 0 Å². The summed E-state index contributed by atoms with van der Waals surface area (Å²) in [5.74, 6) is 0.720. The quantitative estimate of drug-likeness (QED) is 0.249. The second-order valence-electron chi connectivity index (χ2n) is 14.6. The van der Waals surface area contributed by atoms with Crippen LogP contribution in [0, 0.1) is 34.5 Å². The highest BCUT2D eigenvalue weighted by molar-refractivity contribution is 7.85. The number of carbonyl (C=O) groups excluding carboxylic acids is 2.